The lowest BCUT2D eigenvalue weighted by molar-refractivity contribution is 0.445. The minimum absolute atomic E-state index is 0.00263. The Kier molecular flexibility index (Phi) is 11.1. The monoisotopic (exact) mass is 516 g/mol. The lowest BCUT2D eigenvalue weighted by atomic mass is 9.85. The molecule has 4 unspecified atom stereocenters. The van der Waals surface area contributed by atoms with Crippen LogP contribution in [0.3, 0.4) is 0 Å². The predicted octanol–water partition coefficient (Wildman–Crippen LogP) is 9.68. The fourth-order valence-corrected chi connectivity index (χ4v) is 14.6. The first kappa shape index (κ1) is 26.4. The molecule has 4 rings (SSSR count). The molecule has 0 amide bonds. The van der Waals surface area contributed by atoms with E-state index in [0.717, 1.165) is 33.0 Å². The lowest BCUT2D eigenvalue weighted by Gasteiger charge is -2.41. The van der Waals surface area contributed by atoms with E-state index in [1.165, 1.54) is 63.4 Å². The van der Waals surface area contributed by atoms with Gasteiger partial charge in [-0.25, -0.2) is 0 Å². The average molecular weight is 517 g/mol. The maximum absolute atomic E-state index is 10.3. The van der Waals surface area contributed by atoms with E-state index in [1.54, 1.807) is 0 Å². The number of aryl methyl sites for hydroxylation is 1. The van der Waals surface area contributed by atoms with Gasteiger partial charge in [-0.2, -0.15) is 11.8 Å². The Morgan fingerprint density at radius 2 is 1.52 bits per heavy atom. The minimum atomic E-state index is 0.00263. The summed E-state index contributed by atoms with van der Waals surface area (Å²) in [6.45, 7) is 8.79. The maximum Gasteiger partial charge on any atom is 0.119 e. The molecule has 3 aliphatic rings. The van der Waals surface area contributed by atoms with E-state index in [2.05, 4.69) is 73.2 Å². The van der Waals surface area contributed by atoms with Gasteiger partial charge in [-0.15, -0.1) is 0 Å². The second-order valence-electron chi connectivity index (χ2n) is 10.1. The zero-order valence-corrected chi connectivity index (χ0v) is 23.7. The Labute approximate surface area is 210 Å². The van der Waals surface area contributed by atoms with E-state index in [1.807, 2.05) is 25.7 Å². The molecule has 3 aliphatic heterocycles. The molecule has 1 nitrogen and oxygen atoms in total. The van der Waals surface area contributed by atoms with Crippen molar-refractivity contribution in [2.24, 2.45) is 0 Å². The van der Waals surface area contributed by atoms with Crippen LogP contribution in [0.25, 0.3) is 0 Å². The van der Waals surface area contributed by atoms with Gasteiger partial charge in [0.25, 0.3) is 0 Å². The van der Waals surface area contributed by atoms with Gasteiger partial charge in [0.1, 0.15) is 5.75 Å². The van der Waals surface area contributed by atoms with Crippen LogP contribution in [-0.4, -0.2) is 26.1 Å². The van der Waals surface area contributed by atoms with Crippen LogP contribution in [0, 0.1) is 0 Å². The highest BCUT2D eigenvalue weighted by atomic mass is 33.7. The highest BCUT2D eigenvalue weighted by molar-refractivity contribution is 9.26. The Morgan fingerprint density at radius 1 is 0.903 bits per heavy atom. The molecule has 3 saturated heterocycles. The molecule has 6 heteroatoms. The number of rotatable bonds is 10. The maximum atomic E-state index is 10.3. The van der Waals surface area contributed by atoms with Crippen molar-refractivity contribution in [3.8, 4) is 5.75 Å². The van der Waals surface area contributed by atoms with Gasteiger partial charge in [0.15, 0.2) is 0 Å². The van der Waals surface area contributed by atoms with Gasteiger partial charge in [0, 0.05) is 21.0 Å². The van der Waals surface area contributed by atoms with Gasteiger partial charge in [0.2, 0.25) is 0 Å². The number of phenols is 1. The Morgan fingerprint density at radius 3 is 2.13 bits per heavy atom. The molecule has 0 radical (unpaired) electrons. The molecule has 0 aromatic heterocycles. The summed E-state index contributed by atoms with van der Waals surface area (Å²) in [5, 5.41) is 13.9. The summed E-state index contributed by atoms with van der Waals surface area (Å²) in [6.07, 6.45) is 13.3. The third kappa shape index (κ3) is 8.19. The molecule has 1 aromatic rings. The molecule has 0 saturated carbocycles. The standard InChI is InChI=1S/C25H40OS5/c1-5-11-21-23-17-24(27-23)22(29-31-30-28-21)13-10-8-6-7-9-12-18-14-15-19(20(26)16-18)25(2,3)4/h14-16,21-24,26H,5-13,17H2,1-4H3. The fraction of sp³-hybridized carbons (Fsp3) is 0.760. The van der Waals surface area contributed by atoms with Gasteiger partial charge in [0.05, 0.1) is 0 Å². The molecule has 2 bridgehead atoms. The number of unbranched alkanes of at least 4 members (excludes halogenated alkanes) is 4. The first-order chi connectivity index (χ1) is 14.9. The summed E-state index contributed by atoms with van der Waals surface area (Å²) >= 11 is 2.30. The molecule has 1 N–H and O–H groups in total. The number of aromatic hydroxyl groups is 1. The second-order valence-corrected chi connectivity index (χ2v) is 17.8. The van der Waals surface area contributed by atoms with Crippen molar-refractivity contribution >= 4 is 53.0 Å². The van der Waals surface area contributed by atoms with Crippen LogP contribution in [0.5, 0.6) is 5.75 Å². The molecule has 176 valence electrons. The van der Waals surface area contributed by atoms with Crippen LogP contribution in [0.15, 0.2) is 18.2 Å². The Hall–Kier alpha value is 0.770. The van der Waals surface area contributed by atoms with E-state index in [0.29, 0.717) is 5.75 Å². The zero-order valence-electron chi connectivity index (χ0n) is 19.6. The zero-order chi connectivity index (χ0) is 22.3. The largest absolute Gasteiger partial charge is 0.508 e. The second kappa shape index (κ2) is 13.0. The molecule has 0 aliphatic carbocycles. The first-order valence-electron chi connectivity index (χ1n) is 12.0. The number of hydrogen-bond donors (Lipinski definition) is 1. The molecule has 1 aromatic carbocycles. The molecule has 0 spiro atoms. The minimum Gasteiger partial charge on any atom is -0.508 e. The smallest absolute Gasteiger partial charge is 0.119 e. The Balaban J connectivity index is 1.29. The van der Waals surface area contributed by atoms with Gasteiger partial charge >= 0.3 is 0 Å². The van der Waals surface area contributed by atoms with Crippen LogP contribution in [-0.2, 0) is 11.8 Å². The Bertz CT molecular complexity index is 668. The third-order valence-corrected chi connectivity index (χ3v) is 15.9. The number of phenolic OH excluding ortho intramolecular Hbond substituents is 1. The van der Waals surface area contributed by atoms with Gasteiger partial charge < -0.3 is 5.11 Å². The summed E-state index contributed by atoms with van der Waals surface area (Å²) in [4.78, 5) is 0. The van der Waals surface area contributed by atoms with Gasteiger partial charge in [-0.1, -0.05) is 93.5 Å². The molecule has 31 heavy (non-hydrogen) atoms. The predicted molar refractivity (Wildman–Crippen MR) is 151 cm³/mol. The number of thioether (sulfide) groups is 1. The fourth-order valence-electron chi connectivity index (χ4n) is 4.50. The highest BCUT2D eigenvalue weighted by Gasteiger charge is 2.41. The summed E-state index contributed by atoms with van der Waals surface area (Å²) in [5.41, 5.74) is 2.33. The van der Waals surface area contributed by atoms with Gasteiger partial charge in [-0.05, 0) is 74.4 Å². The van der Waals surface area contributed by atoms with E-state index in [-0.39, 0.29) is 5.41 Å². The molecular weight excluding hydrogens is 477 g/mol. The molecule has 3 fully saturated rings. The van der Waals surface area contributed by atoms with Crippen LogP contribution < -0.4 is 0 Å². The molecular formula is C25H40OS5. The van der Waals surface area contributed by atoms with Crippen molar-refractivity contribution in [2.45, 2.75) is 118 Å². The summed E-state index contributed by atoms with van der Waals surface area (Å²) in [5.74, 6) is 0.462. The van der Waals surface area contributed by atoms with Crippen LogP contribution in [0.1, 0.15) is 96.6 Å². The van der Waals surface area contributed by atoms with Crippen molar-refractivity contribution in [1.82, 2.24) is 0 Å². The molecule has 3 heterocycles. The topological polar surface area (TPSA) is 20.2 Å². The SMILES string of the molecule is CCCC1SSSSC(CCCCCCCc2ccc(C(C)(C)C)c(O)c2)C2CC1S2. The van der Waals surface area contributed by atoms with E-state index < -0.39 is 0 Å². The summed E-state index contributed by atoms with van der Waals surface area (Å²) in [6, 6.07) is 6.30. The van der Waals surface area contributed by atoms with E-state index >= 15 is 0 Å². The highest BCUT2D eigenvalue weighted by Crippen LogP contribution is 2.59. The van der Waals surface area contributed by atoms with E-state index in [9.17, 15) is 5.11 Å². The van der Waals surface area contributed by atoms with E-state index in [4.69, 9.17) is 0 Å². The molecule has 4 atom stereocenters. The normalized spacial score (nSPS) is 26.6. The van der Waals surface area contributed by atoms with Crippen molar-refractivity contribution < 1.29 is 5.11 Å². The van der Waals surface area contributed by atoms with Crippen molar-refractivity contribution in [1.29, 1.82) is 0 Å². The number of fused-ring (bicyclic) bond motifs is 5. The first-order valence-corrected chi connectivity index (χ1v) is 17.9. The van der Waals surface area contributed by atoms with Crippen LogP contribution >= 0.6 is 53.0 Å². The van der Waals surface area contributed by atoms with Gasteiger partial charge in [-0.3, -0.25) is 0 Å². The van der Waals surface area contributed by atoms with Crippen molar-refractivity contribution in [2.75, 3.05) is 0 Å². The van der Waals surface area contributed by atoms with Crippen LogP contribution in [0.2, 0.25) is 0 Å². The van der Waals surface area contributed by atoms with Crippen LogP contribution in [0.4, 0.5) is 0 Å². The summed E-state index contributed by atoms with van der Waals surface area (Å²) < 4.78 is 0. The van der Waals surface area contributed by atoms with Crippen molar-refractivity contribution in [3.05, 3.63) is 29.3 Å². The average Bonchev–Trinajstić information content (AvgIpc) is 2.80. The quantitative estimate of drug-likeness (QED) is 0.245. The van der Waals surface area contributed by atoms with Crippen molar-refractivity contribution in [3.63, 3.8) is 0 Å². The number of benzene rings is 1. The third-order valence-electron chi connectivity index (χ3n) is 6.39. The number of hydrogen-bond acceptors (Lipinski definition) is 6. The lowest BCUT2D eigenvalue weighted by Crippen LogP contribution is -2.39. The summed E-state index contributed by atoms with van der Waals surface area (Å²) in [7, 11) is 8.39.